The molecule has 1 aromatic heterocycles. The van der Waals surface area contributed by atoms with Crippen LogP contribution in [0.2, 0.25) is 0 Å². The lowest BCUT2D eigenvalue weighted by atomic mass is 9.96. The van der Waals surface area contributed by atoms with Crippen molar-refractivity contribution < 1.29 is 4.79 Å². The number of ketones is 1. The summed E-state index contributed by atoms with van der Waals surface area (Å²) in [6.45, 7) is 0. The van der Waals surface area contributed by atoms with Crippen LogP contribution in [0, 0.1) is 0 Å². The first-order chi connectivity index (χ1) is 8.31. The summed E-state index contributed by atoms with van der Waals surface area (Å²) in [4.78, 5) is 15.8. The third-order valence-corrected chi connectivity index (χ3v) is 4.10. The zero-order valence-corrected chi connectivity index (χ0v) is 10.3. The standard InChI is InChI=1S/C14H13NOS/c16-11-7-5-10(6-8-11)9-14-15-12-3-1-2-4-13(12)17-14/h1-5H,6-9H2. The molecule has 0 fully saturated rings. The van der Waals surface area contributed by atoms with Gasteiger partial charge in [-0.15, -0.1) is 11.3 Å². The van der Waals surface area contributed by atoms with Crippen molar-refractivity contribution in [3.63, 3.8) is 0 Å². The number of rotatable bonds is 2. The molecule has 2 nitrogen and oxygen atoms in total. The molecule has 1 aliphatic rings. The van der Waals surface area contributed by atoms with Crippen molar-refractivity contribution in [2.75, 3.05) is 0 Å². The molecule has 1 aromatic carbocycles. The number of carbonyl (C=O) groups is 1. The fraction of sp³-hybridized carbons (Fsp3) is 0.286. The maximum atomic E-state index is 11.1. The number of allylic oxidation sites excluding steroid dienone is 2. The van der Waals surface area contributed by atoms with E-state index in [1.54, 1.807) is 11.3 Å². The maximum absolute atomic E-state index is 11.1. The van der Waals surface area contributed by atoms with E-state index in [1.807, 2.05) is 18.2 Å². The smallest absolute Gasteiger partial charge is 0.136 e. The summed E-state index contributed by atoms with van der Waals surface area (Å²) in [7, 11) is 0. The molecule has 1 aliphatic carbocycles. The van der Waals surface area contributed by atoms with Gasteiger partial charge in [-0.2, -0.15) is 0 Å². The van der Waals surface area contributed by atoms with Crippen molar-refractivity contribution in [1.29, 1.82) is 0 Å². The lowest BCUT2D eigenvalue weighted by Crippen LogP contribution is -2.05. The van der Waals surface area contributed by atoms with Gasteiger partial charge in [-0.1, -0.05) is 23.8 Å². The van der Waals surface area contributed by atoms with Crippen LogP contribution in [0.5, 0.6) is 0 Å². The molecular weight excluding hydrogens is 230 g/mol. The van der Waals surface area contributed by atoms with Crippen LogP contribution < -0.4 is 0 Å². The van der Waals surface area contributed by atoms with Gasteiger partial charge in [0.1, 0.15) is 5.78 Å². The topological polar surface area (TPSA) is 30.0 Å². The lowest BCUT2D eigenvalue weighted by Gasteiger charge is -2.09. The molecular formula is C14H13NOS. The minimum Gasteiger partial charge on any atom is -0.299 e. The highest BCUT2D eigenvalue weighted by Crippen LogP contribution is 2.26. The van der Waals surface area contributed by atoms with Crippen molar-refractivity contribution in [3.05, 3.63) is 40.9 Å². The number of fused-ring (bicyclic) bond motifs is 1. The Balaban J connectivity index is 1.83. The number of hydrogen-bond acceptors (Lipinski definition) is 3. The van der Waals surface area contributed by atoms with Gasteiger partial charge < -0.3 is 0 Å². The molecule has 1 heterocycles. The third kappa shape index (κ3) is 2.29. The summed E-state index contributed by atoms with van der Waals surface area (Å²) < 4.78 is 1.25. The Morgan fingerprint density at radius 3 is 2.88 bits per heavy atom. The van der Waals surface area contributed by atoms with E-state index in [1.165, 1.54) is 10.3 Å². The molecule has 0 atom stereocenters. The van der Waals surface area contributed by atoms with Gasteiger partial charge in [0.25, 0.3) is 0 Å². The molecule has 0 aliphatic heterocycles. The minimum absolute atomic E-state index is 0.359. The predicted molar refractivity (Wildman–Crippen MR) is 70.3 cm³/mol. The van der Waals surface area contributed by atoms with Crippen LogP contribution in [0.3, 0.4) is 0 Å². The lowest BCUT2D eigenvalue weighted by molar-refractivity contribution is -0.118. The first-order valence-corrected chi connectivity index (χ1v) is 6.67. The number of nitrogens with zero attached hydrogens (tertiary/aromatic N) is 1. The molecule has 3 heteroatoms. The van der Waals surface area contributed by atoms with E-state index >= 15 is 0 Å². The summed E-state index contributed by atoms with van der Waals surface area (Å²) in [5.41, 5.74) is 2.45. The Morgan fingerprint density at radius 2 is 2.12 bits per heavy atom. The number of carbonyl (C=O) groups excluding carboxylic acids is 1. The molecule has 0 bridgehead atoms. The van der Waals surface area contributed by atoms with Gasteiger partial charge in [-0.25, -0.2) is 4.98 Å². The van der Waals surface area contributed by atoms with Crippen LogP contribution in [0.15, 0.2) is 35.9 Å². The van der Waals surface area contributed by atoms with Gasteiger partial charge in [-0.3, -0.25) is 4.79 Å². The van der Waals surface area contributed by atoms with E-state index in [2.05, 4.69) is 17.1 Å². The third-order valence-electron chi connectivity index (χ3n) is 3.06. The van der Waals surface area contributed by atoms with E-state index in [-0.39, 0.29) is 0 Å². The monoisotopic (exact) mass is 243 g/mol. The molecule has 17 heavy (non-hydrogen) atoms. The van der Waals surface area contributed by atoms with E-state index in [0.717, 1.165) is 23.4 Å². The van der Waals surface area contributed by atoms with Crippen molar-refractivity contribution in [2.24, 2.45) is 0 Å². The number of Topliss-reactive ketones (excluding diaryl/α,β-unsaturated/α-hetero) is 1. The zero-order valence-electron chi connectivity index (χ0n) is 9.48. The molecule has 86 valence electrons. The number of para-hydroxylation sites is 1. The van der Waals surface area contributed by atoms with Crippen molar-refractivity contribution in [2.45, 2.75) is 25.7 Å². The van der Waals surface area contributed by atoms with E-state index < -0.39 is 0 Å². The van der Waals surface area contributed by atoms with Crippen molar-refractivity contribution >= 4 is 27.3 Å². The molecule has 0 N–H and O–H groups in total. The summed E-state index contributed by atoms with van der Waals surface area (Å²) in [6, 6.07) is 8.22. The van der Waals surface area contributed by atoms with Gasteiger partial charge in [0.05, 0.1) is 15.2 Å². The molecule has 0 radical (unpaired) electrons. The van der Waals surface area contributed by atoms with Gasteiger partial charge in [0.2, 0.25) is 0 Å². The summed E-state index contributed by atoms with van der Waals surface area (Å²) in [6.07, 6.45) is 5.22. The molecule has 0 saturated carbocycles. The molecule has 2 aromatic rings. The quantitative estimate of drug-likeness (QED) is 0.755. The molecule has 0 amide bonds. The van der Waals surface area contributed by atoms with Crippen molar-refractivity contribution in [1.82, 2.24) is 4.98 Å². The number of aromatic nitrogens is 1. The molecule has 0 spiro atoms. The summed E-state index contributed by atoms with van der Waals surface area (Å²) in [5, 5.41) is 1.16. The Kier molecular flexibility index (Phi) is 2.77. The predicted octanol–water partition coefficient (Wildman–Crippen LogP) is 3.52. The highest BCUT2D eigenvalue weighted by Gasteiger charge is 2.12. The Hall–Kier alpha value is -1.48. The largest absolute Gasteiger partial charge is 0.299 e. The molecule has 0 unspecified atom stereocenters. The van der Waals surface area contributed by atoms with Crippen LogP contribution in [0.1, 0.15) is 24.3 Å². The van der Waals surface area contributed by atoms with Gasteiger partial charge in [0.15, 0.2) is 0 Å². The van der Waals surface area contributed by atoms with Crippen molar-refractivity contribution in [3.8, 4) is 0 Å². The van der Waals surface area contributed by atoms with E-state index in [0.29, 0.717) is 18.6 Å². The molecule has 0 saturated heterocycles. The second-order valence-corrected chi connectivity index (χ2v) is 5.47. The summed E-state index contributed by atoms with van der Waals surface area (Å²) >= 11 is 1.75. The van der Waals surface area contributed by atoms with Crippen LogP contribution in [-0.4, -0.2) is 10.8 Å². The number of benzene rings is 1. The van der Waals surface area contributed by atoms with Crippen LogP contribution in [-0.2, 0) is 11.2 Å². The van der Waals surface area contributed by atoms with E-state index in [9.17, 15) is 4.79 Å². The average molecular weight is 243 g/mol. The minimum atomic E-state index is 0.359. The van der Waals surface area contributed by atoms with Gasteiger partial charge in [0, 0.05) is 19.3 Å². The van der Waals surface area contributed by atoms with Crippen LogP contribution >= 0.6 is 11.3 Å². The number of hydrogen-bond donors (Lipinski definition) is 0. The Bertz CT molecular complexity index is 564. The highest BCUT2D eigenvalue weighted by molar-refractivity contribution is 7.18. The SMILES string of the molecule is O=C1CC=C(Cc2nc3ccccc3s2)CC1. The zero-order chi connectivity index (χ0) is 11.7. The average Bonchev–Trinajstić information content (AvgIpc) is 2.74. The Labute approximate surface area is 104 Å². The second-order valence-electron chi connectivity index (χ2n) is 4.36. The Morgan fingerprint density at radius 1 is 1.24 bits per heavy atom. The van der Waals surface area contributed by atoms with Gasteiger partial charge >= 0.3 is 0 Å². The highest BCUT2D eigenvalue weighted by atomic mass is 32.1. The normalized spacial score (nSPS) is 16.2. The first kappa shape index (κ1) is 10.7. The first-order valence-electron chi connectivity index (χ1n) is 5.85. The van der Waals surface area contributed by atoms with Crippen LogP contribution in [0.4, 0.5) is 0 Å². The van der Waals surface area contributed by atoms with Gasteiger partial charge in [-0.05, 0) is 18.6 Å². The fourth-order valence-electron chi connectivity index (χ4n) is 2.11. The summed E-state index contributed by atoms with van der Waals surface area (Å²) in [5.74, 6) is 0.359. The van der Waals surface area contributed by atoms with E-state index in [4.69, 9.17) is 0 Å². The van der Waals surface area contributed by atoms with Crippen LogP contribution in [0.25, 0.3) is 10.2 Å². The second kappa shape index (κ2) is 4.41. The maximum Gasteiger partial charge on any atom is 0.136 e. The fourth-order valence-corrected chi connectivity index (χ4v) is 3.13. The number of thiazole rings is 1. The molecule has 3 rings (SSSR count).